The van der Waals surface area contributed by atoms with E-state index in [0.717, 1.165) is 30.7 Å². The molecular formula is C14H17N3. The van der Waals surface area contributed by atoms with Gasteiger partial charge in [0, 0.05) is 30.5 Å². The van der Waals surface area contributed by atoms with Gasteiger partial charge in [-0.1, -0.05) is 24.3 Å². The van der Waals surface area contributed by atoms with Crippen molar-refractivity contribution in [2.45, 2.75) is 24.8 Å². The molecule has 1 aromatic carbocycles. The van der Waals surface area contributed by atoms with E-state index < -0.39 is 0 Å². The molecule has 0 amide bonds. The lowest BCUT2D eigenvalue weighted by Crippen LogP contribution is -2.24. The summed E-state index contributed by atoms with van der Waals surface area (Å²) in [6, 6.07) is 8.58. The molecule has 3 rings (SSSR count). The van der Waals surface area contributed by atoms with Crippen LogP contribution in [-0.4, -0.2) is 15.1 Å². The third-order valence-corrected chi connectivity index (χ3v) is 3.48. The van der Waals surface area contributed by atoms with E-state index >= 15 is 0 Å². The van der Waals surface area contributed by atoms with E-state index in [1.165, 1.54) is 5.56 Å². The van der Waals surface area contributed by atoms with E-state index in [4.69, 9.17) is 5.73 Å². The predicted octanol–water partition coefficient (Wildman–Crippen LogP) is 2.12. The van der Waals surface area contributed by atoms with Crippen molar-refractivity contribution in [3.8, 4) is 11.4 Å². The zero-order valence-corrected chi connectivity index (χ0v) is 10.1. The Kier molecular flexibility index (Phi) is 2.30. The smallest absolute Gasteiger partial charge is 0.139 e. The molecule has 17 heavy (non-hydrogen) atoms. The number of benzene rings is 1. The predicted molar refractivity (Wildman–Crippen MR) is 68.5 cm³/mol. The van der Waals surface area contributed by atoms with Crippen LogP contribution in [0.1, 0.15) is 18.4 Å². The molecule has 1 aliphatic rings. The average Bonchev–Trinajstić information content (AvgIpc) is 2.87. The zero-order chi connectivity index (χ0) is 11.9. The minimum atomic E-state index is 0.0880. The lowest BCUT2D eigenvalue weighted by atomic mass is 10.0. The lowest BCUT2D eigenvalue weighted by Gasteiger charge is -2.09. The van der Waals surface area contributed by atoms with Crippen LogP contribution in [0.15, 0.2) is 36.7 Å². The highest BCUT2D eigenvalue weighted by molar-refractivity contribution is 5.56. The first kappa shape index (κ1) is 10.5. The SMILES string of the molecule is Cn1ccnc1-c1ccc(CC2(N)CC2)cc1. The Bertz CT molecular complexity index is 521. The van der Waals surface area contributed by atoms with Crippen LogP contribution in [0.2, 0.25) is 0 Å². The van der Waals surface area contributed by atoms with Crippen molar-refractivity contribution in [3.05, 3.63) is 42.2 Å². The van der Waals surface area contributed by atoms with Gasteiger partial charge in [-0.15, -0.1) is 0 Å². The average molecular weight is 227 g/mol. The monoisotopic (exact) mass is 227 g/mol. The Morgan fingerprint density at radius 2 is 2.00 bits per heavy atom. The molecule has 2 N–H and O–H groups in total. The number of imidazole rings is 1. The highest BCUT2D eigenvalue weighted by atomic mass is 15.0. The molecule has 1 heterocycles. The van der Waals surface area contributed by atoms with Crippen LogP contribution >= 0.6 is 0 Å². The fourth-order valence-electron chi connectivity index (χ4n) is 2.16. The maximum Gasteiger partial charge on any atom is 0.139 e. The number of nitrogens with two attached hydrogens (primary N) is 1. The topological polar surface area (TPSA) is 43.8 Å². The zero-order valence-electron chi connectivity index (χ0n) is 10.1. The van der Waals surface area contributed by atoms with Gasteiger partial charge in [0.15, 0.2) is 0 Å². The molecule has 0 atom stereocenters. The summed E-state index contributed by atoms with van der Waals surface area (Å²) in [5, 5.41) is 0. The van der Waals surface area contributed by atoms with Gasteiger partial charge in [0.1, 0.15) is 5.82 Å². The Balaban J connectivity index is 1.83. The molecular weight excluding hydrogens is 210 g/mol. The van der Waals surface area contributed by atoms with Crippen LogP contribution in [0.3, 0.4) is 0 Å². The first-order valence-electron chi connectivity index (χ1n) is 6.02. The number of aryl methyl sites for hydroxylation is 1. The van der Waals surface area contributed by atoms with Crippen LogP contribution in [0, 0.1) is 0 Å². The van der Waals surface area contributed by atoms with Gasteiger partial charge in [0.2, 0.25) is 0 Å². The number of hydrogen-bond donors (Lipinski definition) is 1. The summed E-state index contributed by atoms with van der Waals surface area (Å²) in [4.78, 5) is 4.34. The standard InChI is InChI=1S/C14H17N3/c1-17-9-8-16-13(17)12-4-2-11(3-5-12)10-14(15)6-7-14/h2-5,8-9H,6-7,10,15H2,1H3. The second-order valence-electron chi connectivity index (χ2n) is 5.10. The van der Waals surface area contributed by atoms with Gasteiger partial charge in [-0.2, -0.15) is 0 Å². The molecule has 0 spiro atoms. The number of rotatable bonds is 3. The summed E-state index contributed by atoms with van der Waals surface area (Å²) in [6.45, 7) is 0. The van der Waals surface area contributed by atoms with Gasteiger partial charge in [0.05, 0.1) is 0 Å². The third kappa shape index (κ3) is 2.11. The maximum atomic E-state index is 6.12. The molecule has 3 nitrogen and oxygen atoms in total. The molecule has 3 heteroatoms. The van der Waals surface area contributed by atoms with E-state index in [1.807, 2.05) is 24.0 Å². The molecule has 0 saturated heterocycles. The van der Waals surface area contributed by atoms with Gasteiger partial charge < -0.3 is 10.3 Å². The van der Waals surface area contributed by atoms with Crippen LogP contribution in [-0.2, 0) is 13.5 Å². The van der Waals surface area contributed by atoms with Crippen molar-refractivity contribution in [2.75, 3.05) is 0 Å². The van der Waals surface area contributed by atoms with Gasteiger partial charge in [-0.3, -0.25) is 0 Å². The number of hydrogen-bond acceptors (Lipinski definition) is 2. The molecule has 88 valence electrons. The van der Waals surface area contributed by atoms with Crippen LogP contribution in [0.4, 0.5) is 0 Å². The minimum absolute atomic E-state index is 0.0880. The third-order valence-electron chi connectivity index (χ3n) is 3.48. The molecule has 1 fully saturated rings. The van der Waals surface area contributed by atoms with E-state index in [1.54, 1.807) is 0 Å². The number of aromatic nitrogens is 2. The lowest BCUT2D eigenvalue weighted by molar-refractivity contribution is 0.672. The van der Waals surface area contributed by atoms with Gasteiger partial charge in [-0.05, 0) is 24.8 Å². The molecule has 2 aromatic rings. The second-order valence-corrected chi connectivity index (χ2v) is 5.10. The van der Waals surface area contributed by atoms with E-state index in [9.17, 15) is 0 Å². The summed E-state index contributed by atoms with van der Waals surface area (Å²) >= 11 is 0. The van der Waals surface area contributed by atoms with E-state index in [-0.39, 0.29) is 5.54 Å². The highest BCUT2D eigenvalue weighted by Crippen LogP contribution is 2.35. The molecule has 1 aromatic heterocycles. The van der Waals surface area contributed by atoms with E-state index in [2.05, 4.69) is 29.2 Å². The van der Waals surface area contributed by atoms with Crippen molar-refractivity contribution < 1.29 is 0 Å². The Morgan fingerprint density at radius 3 is 2.53 bits per heavy atom. The summed E-state index contributed by atoms with van der Waals surface area (Å²) in [5.41, 5.74) is 8.68. The minimum Gasteiger partial charge on any atom is -0.334 e. The maximum absolute atomic E-state index is 6.12. The fraction of sp³-hybridized carbons (Fsp3) is 0.357. The van der Waals surface area contributed by atoms with Crippen LogP contribution < -0.4 is 5.73 Å². The first-order chi connectivity index (χ1) is 8.16. The number of nitrogens with zero attached hydrogens (tertiary/aromatic N) is 2. The van der Waals surface area contributed by atoms with Gasteiger partial charge >= 0.3 is 0 Å². The van der Waals surface area contributed by atoms with Gasteiger partial charge in [-0.25, -0.2) is 4.98 Å². The van der Waals surface area contributed by atoms with Crippen molar-refractivity contribution in [1.29, 1.82) is 0 Å². The molecule has 1 saturated carbocycles. The summed E-state index contributed by atoms with van der Waals surface area (Å²) in [6.07, 6.45) is 7.10. The molecule has 0 unspecified atom stereocenters. The fourth-order valence-corrected chi connectivity index (χ4v) is 2.16. The molecule has 1 aliphatic carbocycles. The second kappa shape index (κ2) is 3.70. The van der Waals surface area contributed by atoms with Crippen molar-refractivity contribution in [3.63, 3.8) is 0 Å². The Hall–Kier alpha value is -1.61. The highest BCUT2D eigenvalue weighted by Gasteiger charge is 2.37. The first-order valence-corrected chi connectivity index (χ1v) is 6.02. The van der Waals surface area contributed by atoms with Crippen LogP contribution in [0.25, 0.3) is 11.4 Å². The molecule has 0 radical (unpaired) electrons. The summed E-state index contributed by atoms with van der Waals surface area (Å²) < 4.78 is 2.03. The van der Waals surface area contributed by atoms with Crippen LogP contribution in [0.5, 0.6) is 0 Å². The van der Waals surface area contributed by atoms with Crippen molar-refractivity contribution in [2.24, 2.45) is 12.8 Å². The summed E-state index contributed by atoms with van der Waals surface area (Å²) in [5.74, 6) is 1.01. The van der Waals surface area contributed by atoms with E-state index in [0.29, 0.717) is 0 Å². The van der Waals surface area contributed by atoms with Crippen molar-refractivity contribution >= 4 is 0 Å². The Morgan fingerprint density at radius 1 is 1.29 bits per heavy atom. The normalized spacial score (nSPS) is 17.1. The Labute approximate surface area is 101 Å². The van der Waals surface area contributed by atoms with Gasteiger partial charge in [0.25, 0.3) is 0 Å². The quantitative estimate of drug-likeness (QED) is 0.873. The summed E-state index contributed by atoms with van der Waals surface area (Å²) in [7, 11) is 2.01. The molecule has 0 bridgehead atoms. The molecule has 0 aliphatic heterocycles. The van der Waals surface area contributed by atoms with Crippen molar-refractivity contribution in [1.82, 2.24) is 9.55 Å². The largest absolute Gasteiger partial charge is 0.334 e.